The van der Waals surface area contributed by atoms with Crippen LogP contribution in [0.3, 0.4) is 0 Å². The summed E-state index contributed by atoms with van der Waals surface area (Å²) in [6.45, 7) is 5.77. The molecule has 3 aliphatic carbocycles. The zero-order valence-electron chi connectivity index (χ0n) is 13.3. The number of carbonyl (C=O) groups excluding carboxylic acids is 1. The molecule has 0 saturated heterocycles. The molecule has 22 heavy (non-hydrogen) atoms. The first-order chi connectivity index (χ1) is 10.4. The average Bonchev–Trinajstić information content (AvgIpc) is 2.62. The highest BCUT2D eigenvalue weighted by atomic mass is 16.5. The van der Waals surface area contributed by atoms with Crippen molar-refractivity contribution in [2.75, 3.05) is 0 Å². The summed E-state index contributed by atoms with van der Waals surface area (Å²) in [6.07, 6.45) is 13.0. The van der Waals surface area contributed by atoms with Crippen molar-refractivity contribution in [1.82, 2.24) is 0 Å². The van der Waals surface area contributed by atoms with Gasteiger partial charge in [0.2, 0.25) is 0 Å². The third kappa shape index (κ3) is 2.56. The fourth-order valence-electron chi connectivity index (χ4n) is 3.32. The van der Waals surface area contributed by atoms with Gasteiger partial charge in [-0.25, -0.2) is 0 Å². The molecule has 0 bridgehead atoms. The molecule has 0 spiro atoms. The molecule has 0 radical (unpaired) electrons. The minimum Gasteiger partial charge on any atom is -0.508 e. The second kappa shape index (κ2) is 5.31. The van der Waals surface area contributed by atoms with E-state index in [0.29, 0.717) is 5.76 Å². The maximum absolute atomic E-state index is 11.5. The number of rotatable bonds is 1. The Morgan fingerprint density at radius 2 is 2.18 bits per heavy atom. The maximum Gasteiger partial charge on any atom is 0.308 e. The molecule has 3 heteroatoms. The van der Waals surface area contributed by atoms with Gasteiger partial charge in [0.25, 0.3) is 0 Å². The zero-order valence-corrected chi connectivity index (χ0v) is 13.3. The zero-order chi connectivity index (χ0) is 15.9. The first-order valence-electron chi connectivity index (χ1n) is 7.80. The normalized spacial score (nSPS) is 26.1. The fourth-order valence-corrected chi connectivity index (χ4v) is 3.32. The van der Waals surface area contributed by atoms with Crippen molar-refractivity contribution >= 4 is 5.97 Å². The third-order valence-corrected chi connectivity index (χ3v) is 4.60. The second-order valence-corrected chi connectivity index (χ2v) is 6.86. The molecule has 0 aromatic heterocycles. The van der Waals surface area contributed by atoms with Gasteiger partial charge >= 0.3 is 5.97 Å². The summed E-state index contributed by atoms with van der Waals surface area (Å²) < 4.78 is 5.39. The number of hydrogen-bond donors (Lipinski definition) is 1. The number of carbonyl (C=O) groups is 1. The summed E-state index contributed by atoms with van der Waals surface area (Å²) >= 11 is 0. The van der Waals surface area contributed by atoms with Crippen LogP contribution in [0, 0.1) is 11.3 Å². The van der Waals surface area contributed by atoms with E-state index < -0.39 is 0 Å². The van der Waals surface area contributed by atoms with Crippen molar-refractivity contribution in [2.45, 2.75) is 40.0 Å². The third-order valence-electron chi connectivity index (χ3n) is 4.60. The van der Waals surface area contributed by atoms with Gasteiger partial charge in [-0.1, -0.05) is 44.2 Å². The van der Waals surface area contributed by atoms with Crippen molar-refractivity contribution in [3.63, 3.8) is 0 Å². The summed E-state index contributed by atoms with van der Waals surface area (Å²) in [6, 6.07) is 0. The number of allylic oxidation sites excluding steroid dienone is 8. The average molecular weight is 298 g/mol. The molecule has 3 aliphatic rings. The van der Waals surface area contributed by atoms with Gasteiger partial charge in [-0.05, 0) is 35.8 Å². The molecular weight excluding hydrogens is 276 g/mol. The lowest BCUT2D eigenvalue weighted by Gasteiger charge is -2.30. The molecule has 0 fully saturated rings. The lowest BCUT2D eigenvalue weighted by Crippen LogP contribution is -2.21. The predicted octanol–water partition coefficient (Wildman–Crippen LogP) is 4.51. The van der Waals surface area contributed by atoms with Gasteiger partial charge < -0.3 is 9.84 Å². The number of aliphatic hydroxyl groups is 1. The van der Waals surface area contributed by atoms with Crippen LogP contribution in [-0.2, 0) is 9.53 Å². The molecule has 0 aliphatic heterocycles. The summed E-state index contributed by atoms with van der Waals surface area (Å²) in [4.78, 5) is 11.5. The minimum atomic E-state index is -0.389. The summed E-state index contributed by atoms with van der Waals surface area (Å²) in [5, 5.41) is 10.6. The van der Waals surface area contributed by atoms with E-state index in [1.165, 1.54) is 6.92 Å². The van der Waals surface area contributed by atoms with Crippen LogP contribution in [0.25, 0.3) is 0 Å². The maximum atomic E-state index is 11.5. The standard InChI is InChI=1S/C19H22O3/c1-12(20)22-18-16-9-11-19(2,3)10-8-14(16)13-6-4-5-7-15(13)17(18)21/h4-6,8,10,15,21H,7,9,11H2,1-3H3. The first kappa shape index (κ1) is 14.9. The van der Waals surface area contributed by atoms with E-state index in [-0.39, 0.29) is 23.1 Å². The van der Waals surface area contributed by atoms with Gasteiger partial charge in [0.15, 0.2) is 5.76 Å². The molecular formula is C19H22O3. The Morgan fingerprint density at radius 1 is 1.41 bits per heavy atom. The Balaban J connectivity index is 2.15. The van der Waals surface area contributed by atoms with Crippen molar-refractivity contribution in [1.29, 1.82) is 0 Å². The monoisotopic (exact) mass is 298 g/mol. The second-order valence-electron chi connectivity index (χ2n) is 6.86. The lowest BCUT2D eigenvalue weighted by atomic mass is 9.77. The number of esters is 1. The van der Waals surface area contributed by atoms with E-state index in [1.54, 1.807) is 0 Å². The molecule has 0 heterocycles. The van der Waals surface area contributed by atoms with Crippen LogP contribution in [-0.4, -0.2) is 11.1 Å². The number of aliphatic hydroxyl groups excluding tert-OH is 1. The molecule has 1 unspecified atom stereocenters. The van der Waals surface area contributed by atoms with Gasteiger partial charge in [-0.3, -0.25) is 4.79 Å². The largest absolute Gasteiger partial charge is 0.508 e. The quantitative estimate of drug-likeness (QED) is 0.725. The number of hydrogen-bond acceptors (Lipinski definition) is 3. The highest BCUT2D eigenvalue weighted by molar-refractivity contribution is 5.70. The Morgan fingerprint density at radius 3 is 2.91 bits per heavy atom. The van der Waals surface area contributed by atoms with Gasteiger partial charge in [0.05, 0.1) is 0 Å². The molecule has 0 saturated carbocycles. The highest BCUT2D eigenvalue weighted by Gasteiger charge is 2.36. The van der Waals surface area contributed by atoms with E-state index >= 15 is 0 Å². The molecule has 0 aromatic carbocycles. The van der Waals surface area contributed by atoms with E-state index in [9.17, 15) is 9.90 Å². The van der Waals surface area contributed by atoms with Crippen LogP contribution in [0.2, 0.25) is 0 Å². The van der Waals surface area contributed by atoms with Crippen LogP contribution in [0.4, 0.5) is 0 Å². The van der Waals surface area contributed by atoms with E-state index in [2.05, 4.69) is 32.1 Å². The Bertz CT molecular complexity index is 669. The Kier molecular flexibility index (Phi) is 3.59. The number of ether oxygens (including phenoxy) is 1. The van der Waals surface area contributed by atoms with E-state index in [1.807, 2.05) is 12.2 Å². The topological polar surface area (TPSA) is 46.5 Å². The fraction of sp³-hybridized carbons (Fsp3) is 0.421. The van der Waals surface area contributed by atoms with Crippen LogP contribution < -0.4 is 0 Å². The summed E-state index contributed by atoms with van der Waals surface area (Å²) in [5.41, 5.74) is 3.27. The van der Waals surface area contributed by atoms with Gasteiger partial charge in [0, 0.05) is 18.4 Å². The molecule has 1 atom stereocenters. The SMILES string of the molecule is CC(=O)OC1=C(O)C2CC=CC=C2C2=C1CCC(C)(C)C=C2. The molecule has 116 valence electrons. The molecule has 0 amide bonds. The lowest BCUT2D eigenvalue weighted by molar-refractivity contribution is -0.137. The predicted molar refractivity (Wildman–Crippen MR) is 85.9 cm³/mol. The minimum absolute atomic E-state index is 0.0921. The van der Waals surface area contributed by atoms with Crippen LogP contribution >= 0.6 is 0 Å². The van der Waals surface area contributed by atoms with Gasteiger partial charge in [-0.15, -0.1) is 0 Å². The molecule has 1 N–H and O–H groups in total. The molecule has 3 nitrogen and oxygen atoms in total. The molecule has 0 aromatic rings. The van der Waals surface area contributed by atoms with Crippen LogP contribution in [0.1, 0.15) is 40.0 Å². The van der Waals surface area contributed by atoms with Gasteiger partial charge in [-0.2, -0.15) is 0 Å². The van der Waals surface area contributed by atoms with Crippen molar-refractivity contribution in [3.8, 4) is 0 Å². The van der Waals surface area contributed by atoms with Crippen molar-refractivity contribution in [2.24, 2.45) is 11.3 Å². The van der Waals surface area contributed by atoms with Crippen LogP contribution in [0.15, 0.2) is 58.6 Å². The molecule has 3 rings (SSSR count). The van der Waals surface area contributed by atoms with Crippen molar-refractivity contribution < 1.29 is 14.6 Å². The highest BCUT2D eigenvalue weighted by Crippen LogP contribution is 2.46. The smallest absolute Gasteiger partial charge is 0.308 e. The van der Waals surface area contributed by atoms with Crippen molar-refractivity contribution in [3.05, 3.63) is 58.6 Å². The van der Waals surface area contributed by atoms with E-state index in [4.69, 9.17) is 4.74 Å². The van der Waals surface area contributed by atoms with E-state index in [0.717, 1.165) is 36.0 Å². The first-order valence-corrected chi connectivity index (χ1v) is 7.80. The Labute approximate surface area is 131 Å². The Hall–Kier alpha value is -2.03. The van der Waals surface area contributed by atoms with Gasteiger partial charge in [0.1, 0.15) is 5.76 Å². The summed E-state index contributed by atoms with van der Waals surface area (Å²) in [7, 11) is 0. The summed E-state index contributed by atoms with van der Waals surface area (Å²) in [5.74, 6) is 0.0728. The number of fused-ring (bicyclic) bond motifs is 2. The van der Waals surface area contributed by atoms with Crippen LogP contribution in [0.5, 0.6) is 0 Å².